The largest absolute Gasteiger partial charge is 0.462 e. The summed E-state index contributed by atoms with van der Waals surface area (Å²) in [5.41, 5.74) is -5.59. The molecule has 4 aliphatic rings. The van der Waals surface area contributed by atoms with Crippen LogP contribution in [0, 0.1) is 11.3 Å². The van der Waals surface area contributed by atoms with Crippen LogP contribution in [0.1, 0.15) is 93.4 Å². The van der Waals surface area contributed by atoms with Crippen molar-refractivity contribution in [2.24, 2.45) is 11.3 Å². The Morgan fingerprint density at radius 1 is 1.02 bits per heavy atom. The number of epoxide rings is 1. The van der Waals surface area contributed by atoms with Crippen molar-refractivity contribution in [2.75, 3.05) is 0 Å². The third-order valence-corrected chi connectivity index (χ3v) is 9.76. The lowest BCUT2D eigenvalue weighted by atomic mass is 9.51. The molecule has 41 heavy (non-hydrogen) atoms. The lowest BCUT2D eigenvalue weighted by Gasteiger charge is -2.59. The molecule has 0 amide bonds. The number of ether oxygens (including phenoxy) is 5. The fourth-order valence-corrected chi connectivity index (χ4v) is 7.54. The van der Waals surface area contributed by atoms with E-state index in [0.29, 0.717) is 12.8 Å². The quantitative estimate of drug-likeness (QED) is 0.150. The molecule has 2 heterocycles. The van der Waals surface area contributed by atoms with E-state index in [0.717, 1.165) is 18.4 Å². The molecule has 11 heteroatoms. The SMILES string of the molecule is CCCCCC(=O)O[C@@H]1C[C@H](OC(C)=O)[C@]2(C)[C@@H](OC(C)=O)CC/C(C)=C\[C@@H]3OC(=O)[C@]4(C)O[C@]34[C@@H](O)[C@H]2[C@@]1(C)O. The van der Waals surface area contributed by atoms with Crippen LogP contribution in [-0.4, -0.2) is 81.4 Å². The van der Waals surface area contributed by atoms with E-state index >= 15 is 0 Å². The maximum Gasteiger partial charge on any atom is 0.342 e. The zero-order valence-corrected chi connectivity index (χ0v) is 25.1. The Balaban J connectivity index is 1.88. The number of carbonyl (C=O) groups excluding carboxylic acids is 4. The van der Waals surface area contributed by atoms with Crippen LogP contribution in [0.5, 0.6) is 0 Å². The third kappa shape index (κ3) is 5.07. The zero-order chi connectivity index (χ0) is 30.5. The van der Waals surface area contributed by atoms with Crippen molar-refractivity contribution in [3.8, 4) is 0 Å². The Hall–Kier alpha value is -2.50. The Morgan fingerprint density at radius 3 is 2.24 bits per heavy atom. The van der Waals surface area contributed by atoms with Gasteiger partial charge in [0.25, 0.3) is 0 Å². The molecule has 1 saturated carbocycles. The molecule has 1 spiro atoms. The van der Waals surface area contributed by atoms with Crippen molar-refractivity contribution < 1.29 is 53.1 Å². The monoisotopic (exact) mass is 580 g/mol. The number of unbranched alkanes of at least 4 members (excludes halogenated alkanes) is 2. The first kappa shape index (κ1) is 31.4. The molecule has 0 aromatic carbocycles. The van der Waals surface area contributed by atoms with Crippen LogP contribution in [0.2, 0.25) is 0 Å². The molecule has 4 rings (SSSR count). The van der Waals surface area contributed by atoms with E-state index in [1.54, 1.807) is 13.0 Å². The molecule has 0 aromatic rings. The Kier molecular flexibility index (Phi) is 8.41. The lowest BCUT2D eigenvalue weighted by molar-refractivity contribution is -0.274. The summed E-state index contributed by atoms with van der Waals surface area (Å²) in [6.45, 7) is 11.0. The first-order valence-electron chi connectivity index (χ1n) is 14.6. The van der Waals surface area contributed by atoms with Gasteiger partial charge < -0.3 is 33.9 Å². The molecule has 0 bridgehead atoms. The topological polar surface area (TPSA) is 158 Å². The van der Waals surface area contributed by atoms with Crippen molar-refractivity contribution in [2.45, 2.75) is 141 Å². The van der Waals surface area contributed by atoms with Crippen LogP contribution >= 0.6 is 0 Å². The Labute approximate surface area is 240 Å². The van der Waals surface area contributed by atoms with Crippen LogP contribution in [-0.2, 0) is 42.9 Å². The van der Waals surface area contributed by atoms with Gasteiger partial charge in [0.05, 0.1) is 11.5 Å². The fraction of sp³-hybridized carbons (Fsp3) is 0.800. The normalized spacial score (nSPS) is 44.6. The predicted octanol–water partition coefficient (Wildman–Crippen LogP) is 2.67. The summed E-state index contributed by atoms with van der Waals surface area (Å²) in [4.78, 5) is 50.6. The number of hydrogen-bond acceptors (Lipinski definition) is 11. The van der Waals surface area contributed by atoms with Gasteiger partial charge in [0, 0.05) is 32.6 Å². The maximum absolute atomic E-state index is 12.9. The Morgan fingerprint density at radius 2 is 1.66 bits per heavy atom. The van der Waals surface area contributed by atoms with Crippen LogP contribution < -0.4 is 0 Å². The van der Waals surface area contributed by atoms with Gasteiger partial charge in [0.2, 0.25) is 0 Å². The van der Waals surface area contributed by atoms with E-state index in [4.69, 9.17) is 23.7 Å². The summed E-state index contributed by atoms with van der Waals surface area (Å²) in [6, 6.07) is 0. The number of hydrogen-bond donors (Lipinski definition) is 2. The van der Waals surface area contributed by atoms with Crippen molar-refractivity contribution in [3.63, 3.8) is 0 Å². The molecule has 11 nitrogen and oxygen atoms in total. The molecule has 2 aliphatic heterocycles. The van der Waals surface area contributed by atoms with Gasteiger partial charge in [-0.1, -0.05) is 32.3 Å². The smallest absolute Gasteiger partial charge is 0.342 e. The number of aliphatic hydroxyl groups is 2. The number of aliphatic hydroxyl groups excluding tert-OH is 1. The van der Waals surface area contributed by atoms with Gasteiger partial charge in [0.1, 0.15) is 23.9 Å². The standard InChI is InChI=1S/C30H44O11/c1-8-9-10-11-23(33)39-21-15-20(38-18(4)32)27(5)19(37-17(3)31)13-12-16(2)14-22-30(25(34)24(27)28(21,6)36)29(7,41-30)26(35)40-22/h14,19-22,24-25,34,36H,8-13,15H2,1-7H3/b16-14-/t19-,20-,21+,22-,24+,25-,27-,28-,29-,30-/m0/s1. The van der Waals surface area contributed by atoms with Crippen LogP contribution in [0.3, 0.4) is 0 Å². The van der Waals surface area contributed by atoms with E-state index in [9.17, 15) is 29.4 Å². The van der Waals surface area contributed by atoms with Crippen molar-refractivity contribution in [1.82, 2.24) is 0 Å². The molecule has 3 fully saturated rings. The van der Waals surface area contributed by atoms with Crippen molar-refractivity contribution in [3.05, 3.63) is 11.6 Å². The highest BCUT2D eigenvalue weighted by Gasteiger charge is 2.87. The molecular formula is C30H44O11. The van der Waals surface area contributed by atoms with Gasteiger partial charge >= 0.3 is 23.9 Å². The Bertz CT molecular complexity index is 1110. The van der Waals surface area contributed by atoms with E-state index in [1.807, 2.05) is 13.8 Å². The number of fused-ring (bicyclic) bond motifs is 1. The number of esters is 4. The predicted molar refractivity (Wildman–Crippen MR) is 143 cm³/mol. The number of rotatable bonds is 7. The van der Waals surface area contributed by atoms with Gasteiger partial charge in [-0.15, -0.1) is 0 Å². The maximum atomic E-state index is 12.9. The average Bonchev–Trinajstić information content (AvgIpc) is 3.45. The van der Waals surface area contributed by atoms with Crippen molar-refractivity contribution in [1.29, 1.82) is 0 Å². The fourth-order valence-electron chi connectivity index (χ4n) is 7.54. The highest BCUT2D eigenvalue weighted by Crippen LogP contribution is 2.65. The molecule has 0 radical (unpaired) electrons. The number of carbonyl (C=O) groups is 4. The van der Waals surface area contributed by atoms with Gasteiger partial charge in [-0.3, -0.25) is 14.4 Å². The second kappa shape index (κ2) is 11.0. The first-order valence-corrected chi connectivity index (χ1v) is 14.6. The van der Waals surface area contributed by atoms with E-state index in [-0.39, 0.29) is 19.3 Å². The van der Waals surface area contributed by atoms with Crippen LogP contribution in [0.25, 0.3) is 0 Å². The minimum atomic E-state index is -1.93. The highest BCUT2D eigenvalue weighted by molar-refractivity contribution is 5.89. The first-order chi connectivity index (χ1) is 19.0. The van der Waals surface area contributed by atoms with Gasteiger partial charge in [-0.2, -0.15) is 0 Å². The highest BCUT2D eigenvalue weighted by atomic mass is 16.7. The summed E-state index contributed by atoms with van der Waals surface area (Å²) in [5, 5.41) is 24.6. The summed E-state index contributed by atoms with van der Waals surface area (Å²) < 4.78 is 29.2. The van der Waals surface area contributed by atoms with E-state index in [2.05, 4.69) is 0 Å². The summed E-state index contributed by atoms with van der Waals surface area (Å²) >= 11 is 0. The average molecular weight is 581 g/mol. The molecular weight excluding hydrogens is 536 g/mol. The third-order valence-electron chi connectivity index (χ3n) is 9.76. The molecule has 2 N–H and O–H groups in total. The van der Waals surface area contributed by atoms with Gasteiger partial charge in [-0.25, -0.2) is 4.79 Å². The number of allylic oxidation sites excluding steroid dienone is 1. The molecule has 2 aliphatic carbocycles. The van der Waals surface area contributed by atoms with Crippen LogP contribution in [0.15, 0.2) is 11.6 Å². The van der Waals surface area contributed by atoms with E-state index in [1.165, 1.54) is 27.7 Å². The second-order valence-electron chi connectivity index (χ2n) is 12.7. The van der Waals surface area contributed by atoms with Gasteiger partial charge in [-0.05, 0) is 46.1 Å². The molecule has 0 unspecified atom stereocenters. The van der Waals surface area contributed by atoms with Crippen LogP contribution in [0.4, 0.5) is 0 Å². The molecule has 230 valence electrons. The lowest BCUT2D eigenvalue weighted by Crippen LogP contribution is -2.72. The second-order valence-corrected chi connectivity index (χ2v) is 12.7. The molecule has 2 saturated heterocycles. The zero-order valence-electron chi connectivity index (χ0n) is 25.1. The van der Waals surface area contributed by atoms with Gasteiger partial charge in [0.15, 0.2) is 17.3 Å². The minimum Gasteiger partial charge on any atom is -0.462 e. The minimum absolute atomic E-state index is 0.0949. The summed E-state index contributed by atoms with van der Waals surface area (Å²) in [6.07, 6.45) is -0.919. The van der Waals surface area contributed by atoms with Crippen molar-refractivity contribution >= 4 is 23.9 Å². The van der Waals surface area contributed by atoms with E-state index < -0.39 is 82.5 Å². The molecule has 10 atom stereocenters. The summed E-state index contributed by atoms with van der Waals surface area (Å²) in [5.74, 6) is -3.65. The molecule has 0 aromatic heterocycles. The summed E-state index contributed by atoms with van der Waals surface area (Å²) in [7, 11) is 0.